The fourth-order valence-electron chi connectivity index (χ4n) is 11.0. The number of rotatable bonds is 6. The van der Waals surface area contributed by atoms with Crippen molar-refractivity contribution in [3.63, 3.8) is 0 Å². The van der Waals surface area contributed by atoms with Crippen LogP contribution in [0.5, 0.6) is 0 Å². The van der Waals surface area contributed by atoms with E-state index in [0.717, 1.165) is 28.3 Å². The van der Waals surface area contributed by atoms with Gasteiger partial charge in [-0.25, -0.2) is 0 Å². The first kappa shape index (κ1) is 35.5. The molecule has 2 aliphatic carbocycles. The van der Waals surface area contributed by atoms with Crippen LogP contribution in [-0.4, -0.2) is 4.57 Å². The summed E-state index contributed by atoms with van der Waals surface area (Å²) < 4.78 is 2.44. The lowest BCUT2D eigenvalue weighted by Gasteiger charge is -2.32. The second kappa shape index (κ2) is 13.9. The molecule has 1 spiro atoms. The Morgan fingerprint density at radius 2 is 0.778 bits per heavy atom. The smallest absolute Gasteiger partial charge is 0.0726 e. The number of para-hydroxylation sites is 2. The minimum absolute atomic E-state index is 0.456. The molecule has 0 fully saturated rings. The lowest BCUT2D eigenvalue weighted by atomic mass is 9.70. The highest BCUT2D eigenvalue weighted by atomic mass is 15.1. The highest BCUT2D eigenvalue weighted by Gasteiger charge is 2.51. The molecule has 63 heavy (non-hydrogen) atoms. The third kappa shape index (κ3) is 5.19. The van der Waals surface area contributed by atoms with E-state index in [1.54, 1.807) is 0 Å². The van der Waals surface area contributed by atoms with Gasteiger partial charge in [0.2, 0.25) is 0 Å². The molecular weight excluding hydrogens is 761 g/mol. The first-order valence-corrected chi connectivity index (χ1v) is 21.8. The molecule has 0 saturated carbocycles. The van der Waals surface area contributed by atoms with Crippen molar-refractivity contribution < 1.29 is 0 Å². The molecule has 0 saturated heterocycles. The monoisotopic (exact) mass is 800 g/mol. The van der Waals surface area contributed by atoms with Gasteiger partial charge in [-0.1, -0.05) is 194 Å². The molecule has 0 atom stereocenters. The van der Waals surface area contributed by atoms with E-state index in [9.17, 15) is 0 Å². The Morgan fingerprint density at radius 3 is 1.44 bits per heavy atom. The summed E-state index contributed by atoms with van der Waals surface area (Å²) in [5.74, 6) is 0. The van der Waals surface area contributed by atoms with Gasteiger partial charge in [-0.3, -0.25) is 0 Å². The van der Waals surface area contributed by atoms with E-state index < -0.39 is 5.41 Å². The number of fused-ring (bicyclic) bond motifs is 13. The van der Waals surface area contributed by atoms with Crippen molar-refractivity contribution in [2.24, 2.45) is 0 Å². The topological polar surface area (TPSA) is 8.17 Å². The number of aromatic nitrogens is 1. The maximum Gasteiger partial charge on any atom is 0.0726 e. The van der Waals surface area contributed by atoms with E-state index in [4.69, 9.17) is 0 Å². The van der Waals surface area contributed by atoms with Crippen molar-refractivity contribution in [2.45, 2.75) is 5.41 Å². The zero-order valence-corrected chi connectivity index (χ0v) is 34.5. The summed E-state index contributed by atoms with van der Waals surface area (Å²) in [6, 6.07) is 89.6. The van der Waals surface area contributed by atoms with Gasteiger partial charge >= 0.3 is 0 Å². The van der Waals surface area contributed by atoms with E-state index in [2.05, 4.69) is 252 Å². The van der Waals surface area contributed by atoms with Gasteiger partial charge in [0.1, 0.15) is 0 Å². The zero-order chi connectivity index (χ0) is 41.5. The van der Waals surface area contributed by atoms with Crippen LogP contribution in [-0.2, 0) is 5.41 Å². The average Bonchev–Trinajstić information content (AvgIpc) is 3.96. The highest BCUT2D eigenvalue weighted by Crippen LogP contribution is 2.63. The van der Waals surface area contributed by atoms with Crippen molar-refractivity contribution in [1.29, 1.82) is 0 Å². The van der Waals surface area contributed by atoms with Crippen LogP contribution in [0.4, 0.5) is 17.1 Å². The van der Waals surface area contributed by atoms with E-state index >= 15 is 0 Å². The largest absolute Gasteiger partial charge is 0.310 e. The molecule has 0 radical (unpaired) electrons. The Balaban J connectivity index is 1.07. The van der Waals surface area contributed by atoms with Crippen LogP contribution in [0.15, 0.2) is 243 Å². The first-order chi connectivity index (χ1) is 31.3. The van der Waals surface area contributed by atoms with Crippen LogP contribution in [0.25, 0.3) is 72.0 Å². The molecule has 0 amide bonds. The number of benzene rings is 10. The van der Waals surface area contributed by atoms with Crippen molar-refractivity contribution in [2.75, 3.05) is 4.90 Å². The maximum atomic E-state index is 2.50. The Labute approximate surface area is 367 Å². The summed E-state index contributed by atoms with van der Waals surface area (Å²) in [7, 11) is 0. The Morgan fingerprint density at radius 1 is 0.302 bits per heavy atom. The van der Waals surface area contributed by atoms with Crippen LogP contribution in [0.1, 0.15) is 22.3 Å². The van der Waals surface area contributed by atoms with Crippen LogP contribution < -0.4 is 4.90 Å². The van der Waals surface area contributed by atoms with Crippen LogP contribution in [0.2, 0.25) is 0 Å². The molecular formula is C61H40N2. The molecule has 0 unspecified atom stereocenters. The van der Waals surface area contributed by atoms with Gasteiger partial charge < -0.3 is 9.47 Å². The van der Waals surface area contributed by atoms with Crippen molar-refractivity contribution in [3.05, 3.63) is 265 Å². The van der Waals surface area contributed by atoms with Crippen molar-refractivity contribution in [3.8, 4) is 50.2 Å². The normalized spacial score (nSPS) is 12.9. The van der Waals surface area contributed by atoms with Gasteiger partial charge in [0.15, 0.2) is 0 Å². The van der Waals surface area contributed by atoms with Gasteiger partial charge in [-0.2, -0.15) is 0 Å². The minimum Gasteiger partial charge on any atom is -0.310 e. The zero-order valence-electron chi connectivity index (χ0n) is 34.5. The predicted octanol–water partition coefficient (Wildman–Crippen LogP) is 15.9. The Bertz CT molecular complexity index is 3500. The van der Waals surface area contributed by atoms with Gasteiger partial charge in [-0.15, -0.1) is 0 Å². The van der Waals surface area contributed by atoms with E-state index in [1.165, 1.54) is 83.1 Å². The lowest BCUT2D eigenvalue weighted by molar-refractivity contribution is 0.793. The van der Waals surface area contributed by atoms with Crippen molar-refractivity contribution >= 4 is 38.9 Å². The number of nitrogens with zero attached hydrogens (tertiary/aromatic N) is 2. The molecule has 2 nitrogen and oxygen atoms in total. The first-order valence-electron chi connectivity index (χ1n) is 21.8. The minimum atomic E-state index is -0.456. The van der Waals surface area contributed by atoms with E-state index in [0.29, 0.717) is 0 Å². The van der Waals surface area contributed by atoms with Crippen molar-refractivity contribution in [1.82, 2.24) is 4.57 Å². The molecule has 0 aliphatic heterocycles. The van der Waals surface area contributed by atoms with Crippen LogP contribution >= 0.6 is 0 Å². The lowest BCUT2D eigenvalue weighted by Crippen LogP contribution is -2.26. The predicted molar refractivity (Wildman–Crippen MR) is 263 cm³/mol. The molecule has 11 aromatic rings. The third-order valence-corrected chi connectivity index (χ3v) is 13.6. The van der Waals surface area contributed by atoms with Crippen LogP contribution in [0.3, 0.4) is 0 Å². The van der Waals surface area contributed by atoms with Gasteiger partial charge in [-0.05, 0) is 110 Å². The van der Waals surface area contributed by atoms with Gasteiger partial charge in [0, 0.05) is 33.4 Å². The standard InChI is InChI=1S/C61H40N2/c1-3-17-41(18-4-1)42-31-33-44(34-32-42)63-59-30-16-11-25-52(59)53-38-36-46(40-60(53)63)62(58-29-15-10-21-47(58)43-19-5-2-6-20-43)45-35-37-51-50-24-9-14-28-56(50)61(57(51)39-45)54-26-12-7-22-48(54)49-23-8-13-27-55(49)61/h1-40H. The quantitative estimate of drug-likeness (QED) is 0.163. The number of hydrogen-bond donors (Lipinski definition) is 0. The summed E-state index contributed by atoms with van der Waals surface area (Å²) in [6.45, 7) is 0. The summed E-state index contributed by atoms with van der Waals surface area (Å²) in [5, 5.41) is 2.46. The molecule has 1 aromatic heterocycles. The van der Waals surface area contributed by atoms with Gasteiger partial charge in [0.05, 0.1) is 22.1 Å². The molecule has 2 heteroatoms. The fraction of sp³-hybridized carbons (Fsp3) is 0.0164. The fourth-order valence-corrected chi connectivity index (χ4v) is 11.0. The van der Waals surface area contributed by atoms with Gasteiger partial charge in [0.25, 0.3) is 0 Å². The average molecular weight is 801 g/mol. The second-order valence-electron chi connectivity index (χ2n) is 16.8. The molecule has 0 bridgehead atoms. The van der Waals surface area contributed by atoms with E-state index in [1.807, 2.05) is 0 Å². The summed E-state index contributed by atoms with van der Waals surface area (Å²) in [6.07, 6.45) is 0. The van der Waals surface area contributed by atoms with E-state index in [-0.39, 0.29) is 0 Å². The molecule has 13 rings (SSSR count). The Hall–Kier alpha value is -8.20. The summed E-state index contributed by atoms with van der Waals surface area (Å²) >= 11 is 0. The number of hydrogen-bond acceptors (Lipinski definition) is 1. The molecule has 0 N–H and O–H groups in total. The molecule has 294 valence electrons. The maximum absolute atomic E-state index is 2.50. The SMILES string of the molecule is c1ccc(-c2ccc(-n3c4ccccc4c4ccc(N(c5ccc6c(c5)C5(c7ccccc7-c7ccccc75)c5ccccc5-6)c5ccccc5-c5ccccc5)cc43)cc2)cc1. The molecule has 2 aliphatic rings. The summed E-state index contributed by atoms with van der Waals surface area (Å²) in [4.78, 5) is 2.49. The van der Waals surface area contributed by atoms with Crippen LogP contribution in [0, 0.1) is 0 Å². The highest BCUT2D eigenvalue weighted by molar-refractivity contribution is 6.10. The third-order valence-electron chi connectivity index (χ3n) is 13.6. The molecule has 1 heterocycles. The summed E-state index contributed by atoms with van der Waals surface area (Å²) in [5.41, 5.74) is 21.6. The molecule has 10 aromatic carbocycles. The number of anilines is 3. The second-order valence-corrected chi connectivity index (χ2v) is 16.8. The Kier molecular flexibility index (Phi) is 7.85.